The van der Waals surface area contributed by atoms with Crippen LogP contribution in [0.15, 0.2) is 77.7 Å². The SMILES string of the molecule is CCCCCC(=O)Nc1ccn([C@@H]2O[C@H](COP(=O)(N[C@@H](C)C(=O)OCc3ccccc3)Oc3ccccc3)[C@@H](O)[C@@H]2C#N)c(=O)n1. The highest BCUT2D eigenvalue weighted by atomic mass is 31.2. The van der Waals surface area contributed by atoms with Crippen LogP contribution in [-0.4, -0.2) is 51.4 Å². The Labute approximate surface area is 272 Å². The normalized spacial score (nSPS) is 20.8. The number of hydrogen-bond acceptors (Lipinski definition) is 11. The number of nitrogens with zero attached hydrogens (tertiary/aromatic N) is 3. The second-order valence-corrected chi connectivity index (χ2v) is 12.6. The summed E-state index contributed by atoms with van der Waals surface area (Å²) in [6.07, 6.45) is 0.179. The molecule has 1 aliphatic heterocycles. The Morgan fingerprint density at radius 2 is 1.83 bits per heavy atom. The topological polar surface area (TPSA) is 191 Å². The first kappa shape index (κ1) is 35.5. The van der Waals surface area contributed by atoms with Crippen LogP contribution in [0.4, 0.5) is 5.82 Å². The molecule has 1 unspecified atom stereocenters. The molecular weight excluding hydrogens is 629 g/mol. The number of esters is 1. The number of nitriles is 1. The van der Waals surface area contributed by atoms with Crippen molar-refractivity contribution in [1.29, 1.82) is 5.26 Å². The maximum absolute atomic E-state index is 13.9. The summed E-state index contributed by atoms with van der Waals surface area (Å²) < 4.78 is 37.5. The fourth-order valence-electron chi connectivity index (χ4n) is 4.70. The number of hydrogen-bond donors (Lipinski definition) is 3. The maximum atomic E-state index is 13.9. The standard InChI is InChI=1S/C32H38N5O9P/c1-3-4-7-16-28(38)34-27-17-18-37(32(41)35-27)30-25(19-33)29(39)26(45-30)21-44-47(42,46-24-14-10-6-11-15-24)36-22(2)31(40)43-20-23-12-8-5-9-13-23/h5-6,8-15,17-18,22,25-26,29-30,39H,3-4,7,16,20-21H2,1-2H3,(H,36,42)(H,34,35,38,41)/t22-,25-,26+,29-,30+,47?/m0/s1. The lowest BCUT2D eigenvalue weighted by Crippen LogP contribution is -2.36. The number of nitrogens with one attached hydrogen (secondary N) is 2. The monoisotopic (exact) mass is 667 g/mol. The minimum Gasteiger partial charge on any atom is -0.460 e. The third kappa shape index (κ3) is 10.1. The van der Waals surface area contributed by atoms with E-state index in [1.807, 2.05) is 19.1 Å². The summed E-state index contributed by atoms with van der Waals surface area (Å²) in [4.78, 5) is 41.6. The molecule has 1 amide bonds. The van der Waals surface area contributed by atoms with Gasteiger partial charge in [0.05, 0.1) is 12.7 Å². The van der Waals surface area contributed by atoms with Crippen LogP contribution in [0.2, 0.25) is 0 Å². The molecule has 1 aliphatic rings. The van der Waals surface area contributed by atoms with Crippen LogP contribution in [0, 0.1) is 17.2 Å². The summed E-state index contributed by atoms with van der Waals surface area (Å²) in [5.41, 5.74) is -0.0592. The van der Waals surface area contributed by atoms with Crippen molar-refractivity contribution in [3.05, 3.63) is 89.0 Å². The summed E-state index contributed by atoms with van der Waals surface area (Å²) in [6.45, 7) is 2.90. The summed E-state index contributed by atoms with van der Waals surface area (Å²) >= 11 is 0. The minimum absolute atomic E-state index is 0.00400. The van der Waals surface area contributed by atoms with Gasteiger partial charge in [-0.2, -0.15) is 15.3 Å². The van der Waals surface area contributed by atoms with Gasteiger partial charge in [-0.05, 0) is 37.1 Å². The third-order valence-corrected chi connectivity index (χ3v) is 8.85. The molecule has 6 atom stereocenters. The van der Waals surface area contributed by atoms with Gasteiger partial charge < -0.3 is 24.4 Å². The van der Waals surface area contributed by atoms with Gasteiger partial charge in [-0.1, -0.05) is 68.3 Å². The second-order valence-electron chi connectivity index (χ2n) is 10.9. The number of rotatable bonds is 16. The van der Waals surface area contributed by atoms with Gasteiger partial charge in [0.25, 0.3) is 0 Å². The molecule has 0 spiro atoms. The van der Waals surface area contributed by atoms with E-state index in [1.54, 1.807) is 42.5 Å². The highest BCUT2D eigenvalue weighted by molar-refractivity contribution is 7.52. The van der Waals surface area contributed by atoms with Crippen molar-refractivity contribution in [1.82, 2.24) is 14.6 Å². The summed E-state index contributed by atoms with van der Waals surface area (Å²) in [7, 11) is -4.33. The maximum Gasteiger partial charge on any atom is 0.459 e. The van der Waals surface area contributed by atoms with Gasteiger partial charge in [-0.3, -0.25) is 18.7 Å². The Hall–Kier alpha value is -4.38. The van der Waals surface area contributed by atoms with Crippen molar-refractivity contribution in [2.45, 2.75) is 70.6 Å². The first-order valence-corrected chi connectivity index (χ1v) is 16.8. The number of amides is 1. The predicted octanol–water partition coefficient (Wildman–Crippen LogP) is 4.09. The van der Waals surface area contributed by atoms with E-state index in [4.69, 9.17) is 18.5 Å². The van der Waals surface area contributed by atoms with E-state index < -0.39 is 56.4 Å². The molecule has 15 heteroatoms. The number of anilines is 1. The highest BCUT2D eigenvalue weighted by Gasteiger charge is 2.47. The summed E-state index contributed by atoms with van der Waals surface area (Å²) in [5, 5.41) is 25.9. The lowest BCUT2D eigenvalue weighted by Gasteiger charge is -2.24. The van der Waals surface area contributed by atoms with E-state index in [-0.39, 0.29) is 30.5 Å². The number of aromatic nitrogens is 2. The van der Waals surface area contributed by atoms with Crippen LogP contribution in [0.1, 0.15) is 51.3 Å². The molecule has 14 nitrogen and oxygen atoms in total. The Bertz CT molecular complexity index is 1630. The molecule has 0 bridgehead atoms. The van der Waals surface area contributed by atoms with Gasteiger partial charge in [0.1, 0.15) is 42.3 Å². The minimum atomic E-state index is -4.33. The second kappa shape index (κ2) is 17.0. The van der Waals surface area contributed by atoms with E-state index in [9.17, 15) is 29.3 Å². The first-order chi connectivity index (χ1) is 22.6. The van der Waals surface area contributed by atoms with Crippen LogP contribution < -0.4 is 20.6 Å². The Balaban J connectivity index is 1.44. The smallest absolute Gasteiger partial charge is 0.459 e. The van der Waals surface area contributed by atoms with E-state index in [0.717, 1.165) is 23.0 Å². The number of aliphatic hydroxyl groups is 1. The molecule has 2 aromatic carbocycles. The number of para-hydroxylation sites is 1. The highest BCUT2D eigenvalue weighted by Crippen LogP contribution is 2.46. The average molecular weight is 668 g/mol. The van der Waals surface area contributed by atoms with E-state index in [1.165, 1.54) is 31.3 Å². The lowest BCUT2D eigenvalue weighted by molar-refractivity contribution is -0.146. The Morgan fingerprint density at radius 1 is 1.13 bits per heavy atom. The molecular formula is C32H38N5O9P. The molecule has 4 rings (SSSR count). The number of carbonyl (C=O) groups is 2. The molecule has 3 N–H and O–H groups in total. The van der Waals surface area contributed by atoms with E-state index in [0.29, 0.717) is 6.42 Å². The van der Waals surface area contributed by atoms with Crippen molar-refractivity contribution >= 4 is 25.4 Å². The number of aliphatic hydroxyl groups excluding tert-OH is 1. The molecule has 0 aliphatic carbocycles. The summed E-state index contributed by atoms with van der Waals surface area (Å²) in [6, 6.07) is 19.3. The number of carbonyl (C=O) groups excluding carboxylic acids is 2. The zero-order valence-corrected chi connectivity index (χ0v) is 27.0. The molecule has 3 aromatic rings. The van der Waals surface area contributed by atoms with Gasteiger partial charge in [0.2, 0.25) is 5.91 Å². The molecule has 1 saturated heterocycles. The van der Waals surface area contributed by atoms with Crippen molar-refractivity contribution in [2.75, 3.05) is 11.9 Å². The zero-order valence-electron chi connectivity index (χ0n) is 26.1. The number of ether oxygens (including phenoxy) is 2. The number of unbranched alkanes of at least 4 members (excludes halogenated alkanes) is 2. The van der Waals surface area contributed by atoms with Crippen molar-refractivity contribution in [3.8, 4) is 11.8 Å². The van der Waals surface area contributed by atoms with Crippen LogP contribution >= 0.6 is 7.75 Å². The lowest BCUT2D eigenvalue weighted by atomic mass is 10.0. The third-order valence-electron chi connectivity index (χ3n) is 7.21. The van der Waals surface area contributed by atoms with Crippen LogP contribution in [0.3, 0.4) is 0 Å². The van der Waals surface area contributed by atoms with E-state index >= 15 is 0 Å². The van der Waals surface area contributed by atoms with Crippen LogP contribution in [0.25, 0.3) is 0 Å². The molecule has 47 heavy (non-hydrogen) atoms. The quantitative estimate of drug-likeness (QED) is 0.113. The molecule has 1 fully saturated rings. The van der Waals surface area contributed by atoms with Crippen LogP contribution in [-0.2, 0) is 34.8 Å². The van der Waals surface area contributed by atoms with Gasteiger partial charge >= 0.3 is 19.4 Å². The molecule has 0 saturated carbocycles. The largest absolute Gasteiger partial charge is 0.460 e. The Morgan fingerprint density at radius 3 is 2.49 bits per heavy atom. The summed E-state index contributed by atoms with van der Waals surface area (Å²) in [5.74, 6) is -2.02. The van der Waals surface area contributed by atoms with Crippen molar-refractivity contribution < 1.29 is 37.8 Å². The first-order valence-electron chi connectivity index (χ1n) is 15.2. The van der Waals surface area contributed by atoms with Gasteiger partial charge in [-0.25, -0.2) is 9.36 Å². The van der Waals surface area contributed by atoms with Crippen molar-refractivity contribution in [2.24, 2.45) is 5.92 Å². The van der Waals surface area contributed by atoms with E-state index in [2.05, 4.69) is 15.4 Å². The Kier molecular flexibility index (Phi) is 12.8. The fourth-order valence-corrected chi connectivity index (χ4v) is 6.21. The average Bonchev–Trinajstić information content (AvgIpc) is 3.38. The molecule has 250 valence electrons. The number of benzene rings is 2. The molecule has 2 heterocycles. The predicted molar refractivity (Wildman–Crippen MR) is 170 cm³/mol. The van der Waals surface area contributed by atoms with Gasteiger partial charge in [0.15, 0.2) is 6.23 Å². The molecule has 1 aromatic heterocycles. The molecule has 0 radical (unpaired) electrons. The van der Waals surface area contributed by atoms with Crippen molar-refractivity contribution in [3.63, 3.8) is 0 Å². The van der Waals surface area contributed by atoms with Crippen LogP contribution in [0.5, 0.6) is 5.75 Å². The fraction of sp³-hybridized carbons (Fsp3) is 0.406. The van der Waals surface area contributed by atoms with Gasteiger partial charge in [-0.15, -0.1) is 0 Å². The van der Waals surface area contributed by atoms with Gasteiger partial charge in [0, 0.05) is 12.6 Å². The zero-order chi connectivity index (χ0) is 33.8.